The van der Waals surface area contributed by atoms with Gasteiger partial charge in [0.15, 0.2) is 10.8 Å². The number of rotatable bonds is 9. The second-order valence-electron chi connectivity index (χ2n) is 7.14. The lowest BCUT2D eigenvalue weighted by Crippen LogP contribution is -2.71. The minimum Gasteiger partial charge on any atom is -0.477 e. The molecule has 4 heterocycles. The monoisotopic (exact) mass is 554 g/mol. The van der Waals surface area contributed by atoms with Gasteiger partial charge in [0.2, 0.25) is 11.1 Å². The summed E-state index contributed by atoms with van der Waals surface area (Å²) < 4.78 is 0. The second kappa shape index (κ2) is 10.5. The van der Waals surface area contributed by atoms with Crippen LogP contribution in [0, 0.1) is 0 Å². The van der Waals surface area contributed by atoms with Crippen LogP contribution in [-0.4, -0.2) is 94.7 Å². The number of aliphatic carboxylic acids is 1. The largest absolute Gasteiger partial charge is 0.477 e. The van der Waals surface area contributed by atoms with E-state index in [1.54, 1.807) is 0 Å². The number of hydrogen-bond acceptors (Lipinski definition) is 14. The Balaban J connectivity index is 1.48. The number of nitrogens with zero attached hydrogens (tertiary/aromatic N) is 7. The summed E-state index contributed by atoms with van der Waals surface area (Å²) in [5.74, 6) is -2.54. The number of thioether (sulfide) groups is 2. The molecule has 0 unspecified atom stereocenters. The molecule has 1 saturated heterocycles. The molecular formula is C17H18N10O6S3. The van der Waals surface area contributed by atoms with Crippen molar-refractivity contribution < 1.29 is 29.1 Å². The number of fused-ring (bicyclic) bond motifs is 1. The lowest BCUT2D eigenvalue weighted by Gasteiger charge is -2.49. The Morgan fingerprint density at radius 3 is 2.83 bits per heavy atom. The van der Waals surface area contributed by atoms with Gasteiger partial charge in [-0.2, -0.15) is 0 Å². The predicted molar refractivity (Wildman–Crippen MR) is 128 cm³/mol. The maximum Gasteiger partial charge on any atom is 0.352 e. The van der Waals surface area contributed by atoms with E-state index in [1.165, 1.54) is 31.2 Å². The van der Waals surface area contributed by atoms with Gasteiger partial charge in [0.05, 0.1) is 0 Å². The maximum atomic E-state index is 12.9. The summed E-state index contributed by atoms with van der Waals surface area (Å²) in [6.45, 7) is 1.29. The van der Waals surface area contributed by atoms with E-state index in [1.807, 2.05) is 0 Å². The number of oxime groups is 1. The number of carboxylic acids is 1. The summed E-state index contributed by atoms with van der Waals surface area (Å²) in [4.78, 5) is 60.0. The summed E-state index contributed by atoms with van der Waals surface area (Å²) in [5.41, 5.74) is 8.35. The molecular weight excluding hydrogens is 536 g/mol. The molecule has 5 N–H and O–H groups in total. The van der Waals surface area contributed by atoms with Gasteiger partial charge in [-0.15, -0.1) is 27.9 Å². The van der Waals surface area contributed by atoms with Crippen molar-refractivity contribution in [2.75, 3.05) is 29.8 Å². The number of carboxylic acid groups (broad SMARTS) is 1. The standard InChI is InChI=1S/C17H18N10O6S3/c1-6(28)22-27-17(21-24-25-27)36-4-7-3-34-14-10(13(30)26(14)11(7)15(31)32)20-12(29)9(23-33-2)8-5-35-16(18)19-8/h5,10,14H,3-4H2,1-2H3,(H2,18,19)(H,20,29)(H,22,28)(H,31,32)/t10-,14+/m1/s1. The van der Waals surface area contributed by atoms with Gasteiger partial charge in [0.1, 0.15) is 29.9 Å². The van der Waals surface area contributed by atoms with Crippen molar-refractivity contribution in [2.45, 2.75) is 23.5 Å². The number of carbonyl (C=O) groups excluding carboxylic acids is 3. The number of β-lactam (4-membered cyclic amide) rings is 1. The summed E-state index contributed by atoms with van der Waals surface area (Å²) in [5, 5.41) is 28.4. The Hall–Kier alpha value is -3.71. The van der Waals surface area contributed by atoms with E-state index in [4.69, 9.17) is 10.6 Å². The van der Waals surface area contributed by atoms with Gasteiger partial charge in [-0.3, -0.25) is 19.3 Å². The number of anilines is 1. The van der Waals surface area contributed by atoms with E-state index in [0.29, 0.717) is 5.57 Å². The number of hydrogen-bond donors (Lipinski definition) is 4. The number of tetrazole rings is 1. The molecule has 1 fully saturated rings. The third-order valence-corrected chi connectivity index (χ3v) is 7.80. The zero-order valence-corrected chi connectivity index (χ0v) is 21.0. The molecule has 0 saturated carbocycles. The minimum atomic E-state index is -1.28. The molecule has 0 bridgehead atoms. The number of aromatic nitrogens is 5. The van der Waals surface area contributed by atoms with Crippen molar-refractivity contribution >= 4 is 69.4 Å². The SMILES string of the molecule is CON=C(C(=O)N[C@@H]1C(=O)N2C(C(=O)O)=C(CSc3nnnn3NC(C)=O)CS[C@@H]12)c1csc(N)n1. The fourth-order valence-corrected chi connectivity index (χ4v) is 6.20. The van der Waals surface area contributed by atoms with Crippen LogP contribution in [0.15, 0.2) is 27.0 Å². The van der Waals surface area contributed by atoms with Gasteiger partial charge in [-0.25, -0.2) is 15.2 Å². The third kappa shape index (κ3) is 4.97. The van der Waals surface area contributed by atoms with Crippen LogP contribution in [0.5, 0.6) is 0 Å². The number of nitrogen functional groups attached to an aromatic ring is 1. The Morgan fingerprint density at radius 2 is 2.19 bits per heavy atom. The molecule has 190 valence electrons. The first kappa shape index (κ1) is 25.4. The molecule has 4 rings (SSSR count). The molecule has 2 atom stereocenters. The molecule has 2 aromatic heterocycles. The molecule has 2 aromatic rings. The zero-order valence-electron chi connectivity index (χ0n) is 18.6. The number of thiazole rings is 1. The van der Waals surface area contributed by atoms with Gasteiger partial charge >= 0.3 is 5.97 Å². The van der Waals surface area contributed by atoms with Crippen LogP contribution < -0.4 is 16.5 Å². The Labute approximate surface area is 214 Å². The van der Waals surface area contributed by atoms with E-state index in [0.717, 1.165) is 32.8 Å². The fourth-order valence-electron chi connectivity index (χ4n) is 3.34. The van der Waals surface area contributed by atoms with Crippen LogP contribution >= 0.6 is 34.9 Å². The minimum absolute atomic E-state index is 0.151. The van der Waals surface area contributed by atoms with E-state index >= 15 is 0 Å². The quantitative estimate of drug-likeness (QED) is 0.122. The Morgan fingerprint density at radius 1 is 1.42 bits per heavy atom. The van der Waals surface area contributed by atoms with Crippen LogP contribution in [0.3, 0.4) is 0 Å². The topological polar surface area (TPSA) is 220 Å². The summed E-state index contributed by atoms with van der Waals surface area (Å²) in [6, 6.07) is -0.976. The maximum absolute atomic E-state index is 12.9. The highest BCUT2D eigenvalue weighted by atomic mass is 32.2. The molecule has 0 radical (unpaired) electrons. The average molecular weight is 555 g/mol. The highest BCUT2D eigenvalue weighted by molar-refractivity contribution is 8.01. The smallest absolute Gasteiger partial charge is 0.352 e. The van der Waals surface area contributed by atoms with Crippen LogP contribution in [0.4, 0.5) is 5.13 Å². The highest BCUT2D eigenvalue weighted by Crippen LogP contribution is 2.41. The Bertz CT molecular complexity index is 1290. The predicted octanol–water partition coefficient (Wildman–Crippen LogP) is -1.32. The molecule has 0 spiro atoms. The second-order valence-corrected chi connectivity index (χ2v) is 10.1. The van der Waals surface area contributed by atoms with Gasteiger partial charge in [0.25, 0.3) is 11.8 Å². The summed E-state index contributed by atoms with van der Waals surface area (Å²) in [7, 11) is 1.26. The summed E-state index contributed by atoms with van der Waals surface area (Å²) in [6.07, 6.45) is 0. The first-order valence-corrected chi connectivity index (χ1v) is 12.8. The molecule has 2 aliphatic heterocycles. The molecule has 0 aliphatic carbocycles. The lowest BCUT2D eigenvalue weighted by molar-refractivity contribution is -0.150. The van der Waals surface area contributed by atoms with Crippen LogP contribution in [0.25, 0.3) is 0 Å². The number of carbonyl (C=O) groups is 4. The van der Waals surface area contributed by atoms with Gasteiger partial charge in [0, 0.05) is 23.8 Å². The Kier molecular flexibility index (Phi) is 7.40. The first-order valence-electron chi connectivity index (χ1n) is 9.93. The van der Waals surface area contributed by atoms with Crippen molar-refractivity contribution in [1.82, 2.24) is 35.5 Å². The van der Waals surface area contributed by atoms with E-state index in [2.05, 4.69) is 36.4 Å². The van der Waals surface area contributed by atoms with Crippen molar-refractivity contribution in [2.24, 2.45) is 5.16 Å². The van der Waals surface area contributed by atoms with Gasteiger partial charge in [-0.05, 0) is 16.0 Å². The van der Waals surface area contributed by atoms with Crippen molar-refractivity contribution in [3.8, 4) is 0 Å². The number of nitrogens with one attached hydrogen (secondary N) is 2. The zero-order chi connectivity index (χ0) is 26.0. The number of nitrogens with two attached hydrogens (primary N) is 1. The van der Waals surface area contributed by atoms with E-state index < -0.39 is 29.2 Å². The van der Waals surface area contributed by atoms with Crippen LogP contribution in [0.1, 0.15) is 12.6 Å². The van der Waals surface area contributed by atoms with Gasteiger partial charge < -0.3 is 21.0 Å². The van der Waals surface area contributed by atoms with E-state index in [9.17, 15) is 24.3 Å². The average Bonchev–Trinajstić information content (AvgIpc) is 3.46. The highest BCUT2D eigenvalue weighted by Gasteiger charge is 2.54. The molecule has 2 aliphatic rings. The molecule has 19 heteroatoms. The molecule has 3 amide bonds. The van der Waals surface area contributed by atoms with E-state index in [-0.39, 0.29) is 44.8 Å². The van der Waals surface area contributed by atoms with Crippen molar-refractivity contribution in [3.63, 3.8) is 0 Å². The molecule has 36 heavy (non-hydrogen) atoms. The van der Waals surface area contributed by atoms with Gasteiger partial charge in [-0.1, -0.05) is 22.0 Å². The van der Waals surface area contributed by atoms with Crippen molar-refractivity contribution in [3.05, 3.63) is 22.3 Å². The molecule has 0 aromatic carbocycles. The molecule has 16 nitrogen and oxygen atoms in total. The third-order valence-electron chi connectivity index (χ3n) is 4.78. The fraction of sp³-hybridized carbons (Fsp3) is 0.353. The van der Waals surface area contributed by atoms with Crippen LogP contribution in [-0.2, 0) is 24.0 Å². The normalized spacial score (nSPS) is 19.4. The number of amides is 3. The first-order chi connectivity index (χ1) is 17.2. The summed E-state index contributed by atoms with van der Waals surface area (Å²) >= 11 is 3.50. The van der Waals surface area contributed by atoms with Crippen molar-refractivity contribution in [1.29, 1.82) is 0 Å². The lowest BCUT2D eigenvalue weighted by atomic mass is 10.0. The van der Waals surface area contributed by atoms with Crippen LogP contribution in [0.2, 0.25) is 0 Å².